The number of hydrogen-bond donors (Lipinski definition) is 1. The van der Waals surface area contributed by atoms with Crippen molar-refractivity contribution in [3.05, 3.63) is 81.7 Å². The molecule has 2 aromatic carbocycles. The van der Waals surface area contributed by atoms with Gasteiger partial charge < -0.3 is 10.1 Å². The van der Waals surface area contributed by atoms with E-state index in [0.29, 0.717) is 17.2 Å². The number of esters is 1. The zero-order chi connectivity index (χ0) is 19.8. The maximum Gasteiger partial charge on any atom is 0.338 e. The summed E-state index contributed by atoms with van der Waals surface area (Å²) in [7, 11) is 0. The van der Waals surface area contributed by atoms with Crippen molar-refractivity contribution in [1.82, 2.24) is 20.2 Å². The number of benzene rings is 2. The van der Waals surface area contributed by atoms with Crippen LogP contribution in [0.2, 0.25) is 0 Å². The van der Waals surface area contributed by atoms with Gasteiger partial charge in [0.1, 0.15) is 12.6 Å². The van der Waals surface area contributed by atoms with Crippen LogP contribution >= 0.6 is 11.3 Å². The highest BCUT2D eigenvalue weighted by Gasteiger charge is 2.35. The van der Waals surface area contributed by atoms with Crippen LogP contribution in [0.15, 0.2) is 71.2 Å². The maximum atomic E-state index is 13.2. The monoisotopic (exact) mass is 403 g/mol. The van der Waals surface area contributed by atoms with Crippen LogP contribution in [-0.4, -0.2) is 26.2 Å². The summed E-state index contributed by atoms with van der Waals surface area (Å²) >= 11 is 1.55. The van der Waals surface area contributed by atoms with Crippen molar-refractivity contribution < 1.29 is 9.53 Å². The number of carbonyl (C=O) groups is 1. The van der Waals surface area contributed by atoms with E-state index in [4.69, 9.17) is 4.74 Å². The van der Waals surface area contributed by atoms with E-state index in [1.807, 2.05) is 66.9 Å². The van der Waals surface area contributed by atoms with E-state index >= 15 is 0 Å². The van der Waals surface area contributed by atoms with Crippen LogP contribution in [0.1, 0.15) is 23.4 Å². The highest BCUT2D eigenvalue weighted by molar-refractivity contribution is 7.09. The number of fused-ring (bicyclic) bond motifs is 2. The lowest BCUT2D eigenvalue weighted by atomic mass is 9.91. The number of anilines is 1. The summed E-state index contributed by atoms with van der Waals surface area (Å²) in [6.45, 7) is 2.08. The van der Waals surface area contributed by atoms with Gasteiger partial charge in [-0.1, -0.05) is 53.6 Å². The first-order valence-electron chi connectivity index (χ1n) is 9.15. The number of nitrogens with one attached hydrogen (secondary N) is 1. The van der Waals surface area contributed by atoms with Gasteiger partial charge >= 0.3 is 5.97 Å². The van der Waals surface area contributed by atoms with Crippen LogP contribution in [0.4, 0.5) is 5.95 Å². The van der Waals surface area contributed by atoms with Gasteiger partial charge in [-0.25, -0.2) is 4.79 Å². The molecule has 3 heterocycles. The molecule has 0 radical (unpaired) electrons. The minimum atomic E-state index is -0.483. The lowest BCUT2D eigenvalue weighted by Gasteiger charge is -2.28. The number of rotatable bonds is 4. The van der Waals surface area contributed by atoms with Crippen molar-refractivity contribution in [3.63, 3.8) is 0 Å². The number of aromatic nitrogens is 4. The molecule has 8 heteroatoms. The molecule has 1 unspecified atom stereocenters. The Hall–Kier alpha value is -3.52. The van der Waals surface area contributed by atoms with Gasteiger partial charge in [-0.05, 0) is 45.1 Å². The van der Waals surface area contributed by atoms with Gasteiger partial charge in [0.25, 0.3) is 0 Å². The lowest BCUT2D eigenvalue weighted by molar-refractivity contribution is -0.140. The number of ether oxygens (including phenoxy) is 1. The molecule has 0 fully saturated rings. The molecule has 0 aliphatic carbocycles. The molecule has 144 valence electrons. The predicted molar refractivity (Wildman–Crippen MR) is 110 cm³/mol. The number of nitrogens with zero attached hydrogens (tertiary/aromatic N) is 4. The second kappa shape index (κ2) is 7.14. The van der Waals surface area contributed by atoms with Crippen LogP contribution < -0.4 is 5.32 Å². The van der Waals surface area contributed by atoms with Crippen molar-refractivity contribution in [2.45, 2.75) is 19.6 Å². The zero-order valence-corrected chi connectivity index (χ0v) is 16.4. The summed E-state index contributed by atoms with van der Waals surface area (Å²) in [6.07, 6.45) is 0. The van der Waals surface area contributed by atoms with E-state index in [-0.39, 0.29) is 12.6 Å². The second-order valence-corrected chi connectivity index (χ2v) is 7.77. The molecule has 29 heavy (non-hydrogen) atoms. The molecule has 1 N–H and O–H groups in total. The first kappa shape index (κ1) is 17.6. The predicted octanol–water partition coefficient (Wildman–Crippen LogP) is 3.92. The lowest BCUT2D eigenvalue weighted by Crippen LogP contribution is -2.29. The van der Waals surface area contributed by atoms with Gasteiger partial charge in [0, 0.05) is 10.6 Å². The number of thiophene rings is 1. The fourth-order valence-corrected chi connectivity index (χ4v) is 4.28. The van der Waals surface area contributed by atoms with Gasteiger partial charge in [-0.3, -0.25) is 0 Å². The van der Waals surface area contributed by atoms with Crippen LogP contribution in [0, 0.1) is 0 Å². The normalized spacial score (nSPS) is 15.8. The van der Waals surface area contributed by atoms with Crippen LogP contribution in [0.3, 0.4) is 0 Å². The second-order valence-electron chi connectivity index (χ2n) is 6.74. The molecule has 1 atom stereocenters. The van der Waals surface area contributed by atoms with Crippen molar-refractivity contribution in [2.24, 2.45) is 0 Å². The molecule has 1 aliphatic heterocycles. The number of carbonyl (C=O) groups excluding carboxylic acids is 1. The average Bonchev–Trinajstić information content (AvgIpc) is 3.42. The third kappa shape index (κ3) is 3.07. The molecule has 2 aromatic heterocycles. The summed E-state index contributed by atoms with van der Waals surface area (Å²) in [6, 6.07) is 17.5. The third-order valence-electron chi connectivity index (χ3n) is 4.98. The Morgan fingerprint density at radius 2 is 2.03 bits per heavy atom. The van der Waals surface area contributed by atoms with Gasteiger partial charge in [0.05, 0.1) is 5.57 Å². The van der Waals surface area contributed by atoms with Crippen molar-refractivity contribution >= 4 is 34.0 Å². The Balaban J connectivity index is 1.61. The summed E-state index contributed by atoms with van der Waals surface area (Å²) in [5, 5.41) is 19.2. The van der Waals surface area contributed by atoms with E-state index in [1.165, 1.54) is 0 Å². The van der Waals surface area contributed by atoms with Crippen molar-refractivity contribution in [3.8, 4) is 0 Å². The van der Waals surface area contributed by atoms with E-state index in [0.717, 1.165) is 21.2 Å². The average molecular weight is 403 g/mol. The number of allylic oxidation sites excluding steroid dienone is 1. The molecule has 0 bridgehead atoms. The zero-order valence-electron chi connectivity index (χ0n) is 15.6. The molecule has 0 saturated carbocycles. The standard InChI is InChI=1S/C21H17N5O2S/c1-13-18(20(27)28-12-15-8-5-11-29-15)19(26-21(22-13)23-24-25-26)17-10-4-7-14-6-2-3-9-16(14)17/h2-11,19H,12H2,1H3,(H,22,23,25). The molecular weight excluding hydrogens is 386 g/mol. The van der Waals surface area contributed by atoms with Crippen molar-refractivity contribution in [2.75, 3.05) is 5.32 Å². The first-order valence-corrected chi connectivity index (χ1v) is 10.0. The topological polar surface area (TPSA) is 81.9 Å². The quantitative estimate of drug-likeness (QED) is 0.520. The Kier molecular flexibility index (Phi) is 4.33. The molecule has 0 saturated heterocycles. The molecule has 1 aliphatic rings. The van der Waals surface area contributed by atoms with Gasteiger partial charge in [0.2, 0.25) is 5.95 Å². The minimum absolute atomic E-state index is 0.234. The van der Waals surface area contributed by atoms with E-state index in [2.05, 4.69) is 20.8 Å². The number of hydrogen-bond acceptors (Lipinski definition) is 7. The van der Waals surface area contributed by atoms with Gasteiger partial charge in [0.15, 0.2) is 0 Å². The van der Waals surface area contributed by atoms with Crippen LogP contribution in [0.5, 0.6) is 0 Å². The SMILES string of the molecule is CC1=C(C(=O)OCc2cccs2)C(c2cccc3ccccc23)n2nnnc2N1. The number of tetrazole rings is 1. The molecule has 5 rings (SSSR count). The summed E-state index contributed by atoms with van der Waals surface area (Å²) in [4.78, 5) is 14.1. The van der Waals surface area contributed by atoms with Gasteiger partial charge in [-0.2, -0.15) is 4.68 Å². The Bertz CT molecular complexity index is 1220. The van der Waals surface area contributed by atoms with E-state index in [9.17, 15) is 4.79 Å². The maximum absolute atomic E-state index is 13.2. The highest BCUT2D eigenvalue weighted by Crippen LogP contribution is 2.38. The molecule has 7 nitrogen and oxygen atoms in total. The minimum Gasteiger partial charge on any atom is -0.456 e. The fraction of sp³-hybridized carbons (Fsp3) is 0.143. The summed E-state index contributed by atoms with van der Waals surface area (Å²) in [5.74, 6) is 0.109. The molecular formula is C21H17N5O2S. The Morgan fingerprint density at radius 3 is 2.90 bits per heavy atom. The summed E-state index contributed by atoms with van der Waals surface area (Å²) in [5.41, 5.74) is 2.12. The summed E-state index contributed by atoms with van der Waals surface area (Å²) < 4.78 is 7.28. The van der Waals surface area contributed by atoms with Crippen molar-refractivity contribution in [1.29, 1.82) is 0 Å². The fourth-order valence-electron chi connectivity index (χ4n) is 3.66. The Labute approximate surface area is 170 Å². The molecule has 0 amide bonds. The molecule has 0 spiro atoms. The van der Waals surface area contributed by atoms with Crippen LogP contribution in [0.25, 0.3) is 10.8 Å². The van der Waals surface area contributed by atoms with E-state index < -0.39 is 6.04 Å². The van der Waals surface area contributed by atoms with Crippen LogP contribution in [-0.2, 0) is 16.1 Å². The molecule has 4 aromatic rings. The first-order chi connectivity index (χ1) is 14.2. The third-order valence-corrected chi connectivity index (χ3v) is 5.83. The van der Waals surface area contributed by atoms with Gasteiger partial charge in [-0.15, -0.1) is 11.3 Å². The highest BCUT2D eigenvalue weighted by atomic mass is 32.1. The smallest absolute Gasteiger partial charge is 0.338 e. The largest absolute Gasteiger partial charge is 0.456 e. The Morgan fingerprint density at radius 1 is 1.17 bits per heavy atom. The van der Waals surface area contributed by atoms with E-state index in [1.54, 1.807) is 16.0 Å².